The summed E-state index contributed by atoms with van der Waals surface area (Å²) in [4.78, 5) is 0. The highest BCUT2D eigenvalue weighted by atomic mass is 32.1. The van der Waals surface area contributed by atoms with Crippen LogP contribution in [0.2, 0.25) is 0 Å². The number of aromatic hydroxyl groups is 1. The Bertz CT molecular complexity index is 459. The van der Waals surface area contributed by atoms with Crippen LogP contribution in [-0.4, -0.2) is 35.7 Å². The van der Waals surface area contributed by atoms with Gasteiger partial charge >= 0.3 is 0 Å². The molecular formula is C13H17N3O2S. The first kappa shape index (κ1) is 13.8. The van der Waals surface area contributed by atoms with Gasteiger partial charge in [0.05, 0.1) is 12.3 Å². The minimum Gasteiger partial charge on any atom is -0.508 e. The quantitative estimate of drug-likeness (QED) is 0.441. The van der Waals surface area contributed by atoms with Gasteiger partial charge in [0, 0.05) is 13.2 Å². The Hall–Kier alpha value is -1.66. The normalized spacial score (nSPS) is 18.6. The van der Waals surface area contributed by atoms with Crippen molar-refractivity contribution in [2.75, 3.05) is 13.2 Å². The third-order valence-electron chi connectivity index (χ3n) is 2.76. The van der Waals surface area contributed by atoms with Crippen molar-refractivity contribution in [1.82, 2.24) is 10.7 Å². The van der Waals surface area contributed by atoms with E-state index in [9.17, 15) is 5.11 Å². The fourth-order valence-electron chi connectivity index (χ4n) is 1.82. The molecule has 0 aromatic heterocycles. The van der Waals surface area contributed by atoms with Gasteiger partial charge in [0.25, 0.3) is 0 Å². The summed E-state index contributed by atoms with van der Waals surface area (Å²) in [6, 6.07) is 6.82. The zero-order chi connectivity index (χ0) is 13.5. The fraction of sp³-hybridized carbons (Fsp3) is 0.385. The van der Waals surface area contributed by atoms with E-state index in [-0.39, 0.29) is 11.9 Å². The number of rotatable bonds is 4. The molecule has 1 aliphatic rings. The van der Waals surface area contributed by atoms with Gasteiger partial charge in [-0.1, -0.05) is 12.1 Å². The van der Waals surface area contributed by atoms with Crippen LogP contribution in [0.25, 0.3) is 0 Å². The van der Waals surface area contributed by atoms with Crippen molar-refractivity contribution in [2.45, 2.75) is 18.9 Å². The lowest BCUT2D eigenvalue weighted by Gasteiger charge is -2.11. The highest BCUT2D eigenvalue weighted by Gasteiger charge is 2.14. The molecule has 0 spiro atoms. The Labute approximate surface area is 117 Å². The van der Waals surface area contributed by atoms with Crippen molar-refractivity contribution in [3.63, 3.8) is 0 Å². The monoisotopic (exact) mass is 279 g/mol. The lowest BCUT2D eigenvalue weighted by atomic mass is 10.2. The molecule has 1 atom stereocenters. The molecule has 1 aromatic rings. The summed E-state index contributed by atoms with van der Waals surface area (Å²) in [6.45, 7) is 1.54. The zero-order valence-corrected chi connectivity index (χ0v) is 11.3. The number of hydrogen-bond donors (Lipinski definition) is 3. The second kappa shape index (κ2) is 7.06. The molecule has 0 amide bonds. The Morgan fingerprint density at radius 3 is 3.21 bits per heavy atom. The van der Waals surface area contributed by atoms with Crippen LogP contribution in [0.1, 0.15) is 18.4 Å². The van der Waals surface area contributed by atoms with E-state index in [1.54, 1.807) is 24.4 Å². The maximum Gasteiger partial charge on any atom is 0.187 e. The van der Waals surface area contributed by atoms with Gasteiger partial charge in [-0.2, -0.15) is 5.10 Å². The number of phenols is 1. The van der Waals surface area contributed by atoms with Crippen molar-refractivity contribution in [2.24, 2.45) is 5.10 Å². The molecule has 1 aromatic carbocycles. The van der Waals surface area contributed by atoms with Gasteiger partial charge in [-0.05, 0) is 42.8 Å². The minimum absolute atomic E-state index is 0.211. The molecule has 2 rings (SSSR count). The van der Waals surface area contributed by atoms with Crippen molar-refractivity contribution in [1.29, 1.82) is 0 Å². The van der Waals surface area contributed by atoms with Gasteiger partial charge in [-0.3, -0.25) is 5.43 Å². The lowest BCUT2D eigenvalue weighted by Crippen LogP contribution is -2.37. The van der Waals surface area contributed by atoms with Crippen LogP contribution in [-0.2, 0) is 4.74 Å². The molecule has 6 heteroatoms. The average molecular weight is 279 g/mol. The van der Waals surface area contributed by atoms with Gasteiger partial charge in [0.2, 0.25) is 0 Å². The van der Waals surface area contributed by atoms with Crippen molar-refractivity contribution in [3.8, 4) is 5.75 Å². The van der Waals surface area contributed by atoms with Crippen molar-refractivity contribution >= 4 is 23.5 Å². The largest absolute Gasteiger partial charge is 0.508 e. The number of nitrogens with one attached hydrogen (secondary N) is 2. The molecule has 0 aliphatic carbocycles. The van der Waals surface area contributed by atoms with Gasteiger partial charge < -0.3 is 15.2 Å². The molecule has 5 nitrogen and oxygen atoms in total. The van der Waals surface area contributed by atoms with Gasteiger partial charge in [-0.25, -0.2) is 0 Å². The maximum atomic E-state index is 9.29. The fourth-order valence-corrected chi connectivity index (χ4v) is 1.96. The van der Waals surface area contributed by atoms with E-state index >= 15 is 0 Å². The first-order valence-electron chi connectivity index (χ1n) is 6.21. The minimum atomic E-state index is 0.211. The molecule has 3 N–H and O–H groups in total. The molecule has 1 saturated heterocycles. The molecular weight excluding hydrogens is 262 g/mol. The van der Waals surface area contributed by atoms with Gasteiger partial charge in [-0.15, -0.1) is 0 Å². The van der Waals surface area contributed by atoms with Crippen LogP contribution in [0.5, 0.6) is 5.75 Å². The van der Waals surface area contributed by atoms with Crippen LogP contribution in [0, 0.1) is 0 Å². The smallest absolute Gasteiger partial charge is 0.187 e. The Morgan fingerprint density at radius 2 is 2.47 bits per heavy atom. The Morgan fingerprint density at radius 1 is 1.58 bits per heavy atom. The number of phenolic OH excluding ortho intramolecular Hbond substituents is 1. The van der Waals surface area contributed by atoms with Crippen LogP contribution in [0.15, 0.2) is 29.4 Å². The standard InChI is InChI=1S/C13H17N3O2S/c17-11-4-1-3-10(7-11)8-15-16-13(19)14-9-12-5-2-6-18-12/h1,3-4,7-8,12,17H,2,5-6,9H2,(H2,14,16,19)/b15-8+. The van der Waals surface area contributed by atoms with E-state index in [1.807, 2.05) is 6.07 Å². The zero-order valence-electron chi connectivity index (χ0n) is 10.5. The van der Waals surface area contributed by atoms with E-state index in [0.29, 0.717) is 11.7 Å². The summed E-state index contributed by atoms with van der Waals surface area (Å²) in [5.74, 6) is 0.211. The number of hydrazone groups is 1. The number of nitrogens with zero attached hydrogens (tertiary/aromatic N) is 1. The first-order chi connectivity index (χ1) is 9.24. The van der Waals surface area contributed by atoms with E-state index in [0.717, 1.165) is 25.0 Å². The van der Waals surface area contributed by atoms with E-state index < -0.39 is 0 Å². The summed E-state index contributed by atoms with van der Waals surface area (Å²) in [5.41, 5.74) is 3.53. The summed E-state index contributed by atoms with van der Waals surface area (Å²) in [5, 5.41) is 16.8. The summed E-state index contributed by atoms with van der Waals surface area (Å²) >= 11 is 5.09. The van der Waals surface area contributed by atoms with Gasteiger partial charge in [0.15, 0.2) is 5.11 Å². The van der Waals surface area contributed by atoms with E-state index in [2.05, 4.69) is 15.8 Å². The molecule has 19 heavy (non-hydrogen) atoms. The Balaban J connectivity index is 1.70. The highest BCUT2D eigenvalue weighted by Crippen LogP contribution is 2.10. The number of ether oxygens (including phenoxy) is 1. The van der Waals surface area contributed by atoms with E-state index in [4.69, 9.17) is 17.0 Å². The molecule has 0 saturated carbocycles. The number of benzene rings is 1. The molecule has 102 valence electrons. The topological polar surface area (TPSA) is 65.9 Å². The molecule has 0 radical (unpaired) electrons. The van der Waals surface area contributed by atoms with Crippen molar-refractivity contribution < 1.29 is 9.84 Å². The van der Waals surface area contributed by atoms with Crippen LogP contribution in [0.3, 0.4) is 0 Å². The first-order valence-corrected chi connectivity index (χ1v) is 6.62. The summed E-state index contributed by atoms with van der Waals surface area (Å²) < 4.78 is 5.47. The third kappa shape index (κ3) is 4.84. The highest BCUT2D eigenvalue weighted by molar-refractivity contribution is 7.80. The average Bonchev–Trinajstić information content (AvgIpc) is 2.89. The summed E-state index contributed by atoms with van der Waals surface area (Å²) in [6.07, 6.45) is 4.03. The third-order valence-corrected chi connectivity index (χ3v) is 3.00. The predicted octanol–water partition coefficient (Wildman–Crippen LogP) is 1.37. The molecule has 0 bridgehead atoms. The number of thiocarbonyl (C=S) groups is 1. The maximum absolute atomic E-state index is 9.29. The van der Waals surface area contributed by atoms with Gasteiger partial charge in [0.1, 0.15) is 5.75 Å². The second-order valence-corrected chi connectivity index (χ2v) is 4.72. The van der Waals surface area contributed by atoms with Crippen LogP contribution >= 0.6 is 12.2 Å². The second-order valence-electron chi connectivity index (χ2n) is 4.31. The van der Waals surface area contributed by atoms with Crippen LogP contribution < -0.4 is 10.7 Å². The molecule has 1 fully saturated rings. The molecule has 1 unspecified atom stereocenters. The van der Waals surface area contributed by atoms with Crippen molar-refractivity contribution in [3.05, 3.63) is 29.8 Å². The SMILES string of the molecule is Oc1cccc(/C=N/NC(=S)NCC2CCCO2)c1. The molecule has 1 heterocycles. The molecule has 1 aliphatic heterocycles. The van der Waals surface area contributed by atoms with E-state index in [1.165, 1.54) is 0 Å². The number of hydrogen-bond acceptors (Lipinski definition) is 4. The Kier molecular flexibility index (Phi) is 5.11. The predicted molar refractivity (Wildman–Crippen MR) is 78.4 cm³/mol. The lowest BCUT2D eigenvalue weighted by molar-refractivity contribution is 0.114. The summed E-state index contributed by atoms with van der Waals surface area (Å²) in [7, 11) is 0. The van der Waals surface area contributed by atoms with Crippen LogP contribution in [0.4, 0.5) is 0 Å².